The maximum absolute atomic E-state index is 13.6. The summed E-state index contributed by atoms with van der Waals surface area (Å²) in [6, 6.07) is 0.481. The quantitative estimate of drug-likeness (QED) is 0.0849. The first kappa shape index (κ1) is 40.6. The predicted molar refractivity (Wildman–Crippen MR) is 204 cm³/mol. The number of aliphatic hydroxyl groups excluding tert-OH is 3. The average Bonchev–Trinajstić information content (AvgIpc) is 3.68. The fraction of sp³-hybridized carbons (Fsp3) is 0.814. The molecule has 10 heteroatoms. The Labute approximate surface area is 317 Å². The average molecular weight is 738 g/mol. The first-order valence-corrected chi connectivity index (χ1v) is 21.3. The van der Waals surface area contributed by atoms with Gasteiger partial charge in [0.2, 0.25) is 0 Å². The summed E-state index contributed by atoms with van der Waals surface area (Å²) in [5.74, 6) is 9.06. The van der Waals surface area contributed by atoms with Gasteiger partial charge in [0.25, 0.3) is 0 Å². The molecule has 6 rings (SSSR count). The number of Topliss-reactive ketones (excluding diaryl/α,β-unsaturated/α-hetero) is 2. The summed E-state index contributed by atoms with van der Waals surface area (Å²) in [6.45, 7) is 3.93. The van der Waals surface area contributed by atoms with Crippen molar-refractivity contribution >= 4 is 17.8 Å². The number of fused-ring (bicyclic) bond motifs is 2. The summed E-state index contributed by atoms with van der Waals surface area (Å²) in [4.78, 5) is 29.8. The van der Waals surface area contributed by atoms with E-state index in [1.165, 1.54) is 12.0 Å². The van der Waals surface area contributed by atoms with Gasteiger partial charge in [-0.05, 0) is 88.4 Å². The van der Waals surface area contributed by atoms with E-state index in [0.29, 0.717) is 80.4 Å². The molecule has 10 nitrogen and oxygen atoms in total. The highest BCUT2D eigenvalue weighted by molar-refractivity contribution is 5.84. The lowest BCUT2D eigenvalue weighted by Gasteiger charge is -2.41. The van der Waals surface area contributed by atoms with Crippen LogP contribution in [0.15, 0.2) is 16.6 Å². The zero-order valence-electron chi connectivity index (χ0n) is 32.2. The summed E-state index contributed by atoms with van der Waals surface area (Å²) in [5, 5.41) is 38.4. The van der Waals surface area contributed by atoms with Crippen molar-refractivity contribution in [2.75, 3.05) is 20.2 Å². The molecule has 3 heterocycles. The molecule has 14 atom stereocenters. The zero-order valence-corrected chi connectivity index (χ0v) is 32.2. The molecule has 0 radical (unpaired) electrons. The van der Waals surface area contributed by atoms with Crippen LogP contribution < -0.4 is 16.4 Å². The molecule has 0 bridgehead atoms. The number of nitrogens with zero attached hydrogens (tertiary/aromatic N) is 1. The lowest BCUT2D eigenvalue weighted by molar-refractivity contribution is -0.711. The highest BCUT2D eigenvalue weighted by atomic mass is 16.5. The molecule has 3 aliphatic carbocycles. The van der Waals surface area contributed by atoms with Crippen LogP contribution in [0.4, 0.5) is 0 Å². The molecule has 294 valence electrons. The van der Waals surface area contributed by atoms with Gasteiger partial charge in [-0.25, -0.2) is 0 Å². The molecule has 0 spiro atoms. The number of ketones is 2. The molecular formula is C43H69N4O6+3. The molecule has 14 unspecified atom stereocenters. The SMILES string of the molecule is COC1CC2CCC(=O)C(C(O)CCCCC3C[NH2+]C4CC(=O)CCC4C3)C#CC(CCC(O)CCC3CC(N)[NH2+]CC3CC3=C[CH+]N=C3)C2CC1O. The number of aliphatic hydroxyl groups is 3. The molecule has 4 fully saturated rings. The molecule has 2 saturated carbocycles. The van der Waals surface area contributed by atoms with Gasteiger partial charge in [0.05, 0.1) is 56.0 Å². The van der Waals surface area contributed by atoms with Crippen molar-refractivity contribution in [3.63, 3.8) is 0 Å². The highest BCUT2D eigenvalue weighted by Gasteiger charge is 2.42. The Morgan fingerprint density at radius 1 is 0.962 bits per heavy atom. The number of carbonyl (C=O) groups is 2. The lowest BCUT2D eigenvalue weighted by atomic mass is 9.67. The van der Waals surface area contributed by atoms with Gasteiger partial charge in [0.15, 0.2) is 6.21 Å². The van der Waals surface area contributed by atoms with Crippen molar-refractivity contribution < 1.29 is 40.3 Å². The molecule has 9 N–H and O–H groups in total. The third kappa shape index (κ3) is 11.2. The van der Waals surface area contributed by atoms with Crippen LogP contribution >= 0.6 is 0 Å². The second kappa shape index (κ2) is 19.7. The summed E-state index contributed by atoms with van der Waals surface area (Å²) >= 11 is 0. The third-order valence-corrected chi connectivity index (χ3v) is 14.2. The number of methoxy groups -OCH3 is 1. The van der Waals surface area contributed by atoms with Gasteiger partial charge < -0.3 is 30.7 Å². The second-order valence-corrected chi connectivity index (χ2v) is 17.8. The van der Waals surface area contributed by atoms with E-state index >= 15 is 0 Å². The van der Waals surface area contributed by atoms with Crippen LogP contribution in [0.25, 0.3) is 0 Å². The highest BCUT2D eigenvalue weighted by Crippen LogP contribution is 2.42. The molecule has 53 heavy (non-hydrogen) atoms. The van der Waals surface area contributed by atoms with Crippen molar-refractivity contribution in [1.82, 2.24) is 0 Å². The number of hydrogen-bond donors (Lipinski definition) is 6. The Kier molecular flexibility index (Phi) is 15.0. The number of quaternary nitrogens is 2. The molecule has 0 aromatic carbocycles. The van der Waals surface area contributed by atoms with Crippen LogP contribution in [0.5, 0.6) is 0 Å². The summed E-state index contributed by atoms with van der Waals surface area (Å²) in [6.07, 6.45) is 16.6. The maximum atomic E-state index is 13.6. The van der Waals surface area contributed by atoms with Crippen molar-refractivity contribution in [2.45, 2.75) is 152 Å². The van der Waals surface area contributed by atoms with Crippen LogP contribution in [0.2, 0.25) is 0 Å². The monoisotopic (exact) mass is 738 g/mol. The number of hydrogen-bond acceptors (Lipinski definition) is 8. The number of nitrogens with two attached hydrogens (primary N) is 3. The van der Waals surface area contributed by atoms with Gasteiger partial charge in [-0.2, -0.15) is 0 Å². The Bertz CT molecular complexity index is 1340. The normalized spacial score (nSPS) is 38.5. The van der Waals surface area contributed by atoms with E-state index in [9.17, 15) is 24.9 Å². The Balaban J connectivity index is 1.03. The maximum Gasteiger partial charge on any atom is 0.176 e. The van der Waals surface area contributed by atoms with E-state index in [0.717, 1.165) is 77.3 Å². The summed E-state index contributed by atoms with van der Waals surface area (Å²) in [5.41, 5.74) is 7.63. The molecule has 3 aliphatic heterocycles. The largest absolute Gasteiger partial charge is 0.393 e. The number of ether oxygens (including phenoxy) is 1. The van der Waals surface area contributed by atoms with Crippen LogP contribution in [-0.4, -0.2) is 89.9 Å². The Morgan fingerprint density at radius 2 is 1.79 bits per heavy atom. The topological polar surface area (TPSA) is 176 Å². The van der Waals surface area contributed by atoms with E-state index in [4.69, 9.17) is 10.5 Å². The number of piperidine rings is 2. The van der Waals surface area contributed by atoms with Crippen molar-refractivity contribution in [3.8, 4) is 11.8 Å². The zero-order chi connectivity index (χ0) is 37.3. The summed E-state index contributed by atoms with van der Waals surface area (Å²) < 4.78 is 5.66. The minimum atomic E-state index is -0.790. The van der Waals surface area contributed by atoms with Gasteiger partial charge in [0, 0.05) is 56.5 Å². The van der Waals surface area contributed by atoms with Gasteiger partial charge in [0.1, 0.15) is 35.8 Å². The number of rotatable bonds is 15. The van der Waals surface area contributed by atoms with Crippen molar-refractivity contribution in [1.29, 1.82) is 0 Å². The van der Waals surface area contributed by atoms with Crippen LogP contribution in [0.3, 0.4) is 0 Å². The van der Waals surface area contributed by atoms with Crippen LogP contribution in [0, 0.1) is 65.7 Å². The predicted octanol–water partition coefficient (Wildman–Crippen LogP) is 2.20. The molecule has 0 amide bonds. The number of unbranched alkanes of at least 4 members (excludes halogenated alkanes) is 1. The summed E-state index contributed by atoms with van der Waals surface area (Å²) in [7, 11) is 1.65. The third-order valence-electron chi connectivity index (χ3n) is 14.2. The lowest BCUT2D eigenvalue weighted by Crippen LogP contribution is -2.96. The first-order chi connectivity index (χ1) is 25.7. The van der Waals surface area contributed by atoms with E-state index in [1.54, 1.807) is 7.11 Å². The van der Waals surface area contributed by atoms with Crippen LogP contribution in [0.1, 0.15) is 116 Å². The minimum Gasteiger partial charge on any atom is -0.393 e. The van der Waals surface area contributed by atoms with Gasteiger partial charge in [-0.15, -0.1) is 4.99 Å². The molecule has 0 aromatic rings. The second-order valence-electron chi connectivity index (χ2n) is 17.8. The Morgan fingerprint density at radius 3 is 2.60 bits per heavy atom. The molecule has 2 saturated heterocycles. The standard InChI is InChI=1S/C43H67N4O6/c1-53-42-20-31-10-15-40(51)36(39(50)5-3-2-4-27-18-32-8-13-35(49)22-38(32)46-25-27)14-9-29(37(31)23-41(42)52)6-11-34(48)12-7-30-21-43(44)47-26-33(30)19-28-16-17-45-24-28/h16-17,24,27,29-34,36-39,41-43,46-48,50,52H,2-8,10-13,15,18-23,25-26,44H2,1H3/q+1/p+2. The first-order valence-electron chi connectivity index (χ1n) is 21.3. The smallest absolute Gasteiger partial charge is 0.176 e. The number of carbonyl (C=O) groups excluding carboxylic acids is 2. The van der Waals surface area contributed by atoms with E-state index in [1.807, 2.05) is 12.8 Å². The minimum absolute atomic E-state index is 0.0271. The van der Waals surface area contributed by atoms with E-state index < -0.39 is 24.2 Å². The van der Waals surface area contributed by atoms with Crippen LogP contribution in [-0.2, 0) is 14.3 Å². The fourth-order valence-electron chi connectivity index (χ4n) is 11.0. The van der Waals surface area contributed by atoms with Gasteiger partial charge in [-0.3, -0.25) is 15.3 Å². The van der Waals surface area contributed by atoms with Gasteiger partial charge in [-0.1, -0.05) is 24.7 Å². The van der Waals surface area contributed by atoms with Gasteiger partial charge >= 0.3 is 0 Å². The Hall–Kier alpha value is -2.10. The number of allylic oxidation sites excluding steroid dienone is 1. The number of aliphatic imine (C=N–C) groups is 1. The molecule has 6 aliphatic rings. The van der Waals surface area contributed by atoms with E-state index in [-0.39, 0.29) is 35.8 Å². The van der Waals surface area contributed by atoms with Crippen molar-refractivity contribution in [2.24, 2.45) is 58.1 Å². The molecular weight excluding hydrogens is 668 g/mol. The van der Waals surface area contributed by atoms with E-state index in [2.05, 4.69) is 33.5 Å². The van der Waals surface area contributed by atoms with Crippen molar-refractivity contribution in [3.05, 3.63) is 18.2 Å². The fourth-order valence-corrected chi connectivity index (χ4v) is 11.0. The molecule has 0 aromatic heterocycles.